The lowest BCUT2D eigenvalue weighted by atomic mass is 9.72. The van der Waals surface area contributed by atoms with Gasteiger partial charge in [0.25, 0.3) is 0 Å². The molecule has 0 fully saturated rings. The van der Waals surface area contributed by atoms with Crippen LogP contribution in [0.2, 0.25) is 0 Å². The molecule has 5 aromatic carbocycles. The Hall–Kier alpha value is -6.45. The zero-order chi connectivity index (χ0) is 35.2. The Balaban J connectivity index is 1.05. The Morgan fingerprint density at radius 2 is 1.29 bits per heavy atom. The van der Waals surface area contributed by atoms with Gasteiger partial charge in [0.2, 0.25) is 5.69 Å². The lowest BCUT2D eigenvalue weighted by Gasteiger charge is -2.44. The Labute approximate surface area is 306 Å². The van der Waals surface area contributed by atoms with Crippen molar-refractivity contribution in [3.8, 4) is 22.4 Å². The highest BCUT2D eigenvalue weighted by atomic mass is 15.2. The number of aromatic nitrogens is 1. The summed E-state index contributed by atoms with van der Waals surface area (Å²) < 4.78 is 2.44. The summed E-state index contributed by atoms with van der Waals surface area (Å²) >= 11 is 0. The zero-order valence-corrected chi connectivity index (χ0v) is 29.3. The first kappa shape index (κ1) is 31.5. The van der Waals surface area contributed by atoms with Gasteiger partial charge in [-0.05, 0) is 107 Å². The van der Waals surface area contributed by atoms with Gasteiger partial charge in [0.1, 0.15) is 0 Å². The standard InChI is InChI=1S/C49H40N3/c1-4-35-17-24-39(25-18-35)52(40-26-19-36(5-2)20-27-40)41-28-22-37(23-29-41)38-21-16-34(3)44(32-38)46-15-9-11-31-51(46)48-33-47-49(48)43-13-7-6-12-42(43)45-14-8-10-30-50(45)47/h4-33,46-47,49H,1-2H2,3H3/q+1. The van der Waals surface area contributed by atoms with E-state index in [0.29, 0.717) is 12.0 Å². The highest BCUT2D eigenvalue weighted by molar-refractivity contribution is 5.79. The van der Waals surface area contributed by atoms with Crippen molar-refractivity contribution >= 4 is 29.2 Å². The van der Waals surface area contributed by atoms with Crippen LogP contribution in [0.15, 0.2) is 189 Å². The van der Waals surface area contributed by atoms with Gasteiger partial charge in [-0.1, -0.05) is 104 Å². The molecule has 250 valence electrons. The van der Waals surface area contributed by atoms with Crippen LogP contribution in [0.25, 0.3) is 34.5 Å². The molecule has 3 atom stereocenters. The van der Waals surface area contributed by atoms with Crippen LogP contribution in [0.5, 0.6) is 0 Å². The third-order valence-corrected chi connectivity index (χ3v) is 10.9. The molecule has 3 unspecified atom stereocenters. The van der Waals surface area contributed by atoms with Gasteiger partial charge in [0.05, 0.1) is 17.5 Å². The molecule has 3 aliphatic rings. The molecule has 0 radical (unpaired) electrons. The van der Waals surface area contributed by atoms with Crippen LogP contribution >= 0.6 is 0 Å². The third kappa shape index (κ3) is 5.34. The summed E-state index contributed by atoms with van der Waals surface area (Å²) in [6, 6.07) is 48.8. The summed E-state index contributed by atoms with van der Waals surface area (Å²) in [6.45, 7) is 10.1. The van der Waals surface area contributed by atoms with Gasteiger partial charge in [-0.25, -0.2) is 0 Å². The largest absolute Gasteiger partial charge is 0.340 e. The molecular weight excluding hydrogens is 631 g/mol. The number of benzene rings is 5. The van der Waals surface area contributed by atoms with Gasteiger partial charge >= 0.3 is 0 Å². The van der Waals surface area contributed by atoms with Crippen LogP contribution in [-0.4, -0.2) is 4.90 Å². The second-order valence-electron chi connectivity index (χ2n) is 13.8. The van der Waals surface area contributed by atoms with E-state index in [0.717, 1.165) is 28.2 Å². The van der Waals surface area contributed by atoms with E-state index in [1.807, 2.05) is 12.2 Å². The van der Waals surface area contributed by atoms with Gasteiger partial charge in [-0.2, -0.15) is 4.57 Å². The van der Waals surface area contributed by atoms with Crippen molar-refractivity contribution < 1.29 is 4.57 Å². The number of nitrogens with zero attached hydrogens (tertiary/aromatic N) is 3. The van der Waals surface area contributed by atoms with Crippen molar-refractivity contribution in [1.82, 2.24) is 4.90 Å². The average molecular weight is 671 g/mol. The highest BCUT2D eigenvalue weighted by Gasteiger charge is 2.49. The summed E-state index contributed by atoms with van der Waals surface area (Å²) in [5.41, 5.74) is 15.9. The van der Waals surface area contributed by atoms with E-state index < -0.39 is 0 Å². The van der Waals surface area contributed by atoms with E-state index in [-0.39, 0.29) is 6.04 Å². The summed E-state index contributed by atoms with van der Waals surface area (Å²) in [5, 5.41) is 0. The van der Waals surface area contributed by atoms with Crippen LogP contribution in [0.1, 0.15) is 45.8 Å². The van der Waals surface area contributed by atoms with Crippen LogP contribution in [0.4, 0.5) is 17.1 Å². The molecule has 6 aromatic rings. The quantitative estimate of drug-likeness (QED) is 0.149. The molecule has 1 aromatic heterocycles. The second kappa shape index (κ2) is 13.0. The molecule has 0 amide bonds. The maximum atomic E-state index is 3.94. The van der Waals surface area contributed by atoms with E-state index in [2.05, 4.69) is 205 Å². The molecule has 0 spiro atoms. The van der Waals surface area contributed by atoms with E-state index in [4.69, 9.17) is 0 Å². The first-order valence-corrected chi connectivity index (χ1v) is 18.0. The summed E-state index contributed by atoms with van der Waals surface area (Å²) in [5.74, 6) is 0.301. The fraction of sp³-hybridized carbons (Fsp3) is 0.0816. The van der Waals surface area contributed by atoms with Crippen molar-refractivity contribution in [2.75, 3.05) is 4.90 Å². The van der Waals surface area contributed by atoms with Crippen LogP contribution in [0, 0.1) is 6.92 Å². The normalized spacial score (nSPS) is 18.0. The minimum absolute atomic E-state index is 0.0957. The Kier molecular flexibility index (Phi) is 7.90. The SMILES string of the molecule is C=Cc1ccc(N(c2ccc(C=C)cc2)c2ccc(-c3ccc(C)c(C4C=CC=CN4C4=CC5C4c4ccccc4-c4cccc[n+]45)c3)cc2)cc1. The Morgan fingerprint density at radius 3 is 1.98 bits per heavy atom. The molecule has 52 heavy (non-hydrogen) atoms. The molecule has 3 heteroatoms. The van der Waals surface area contributed by atoms with Gasteiger partial charge in [-0.15, -0.1) is 0 Å². The van der Waals surface area contributed by atoms with E-state index in [1.165, 1.54) is 44.8 Å². The molecule has 2 aliphatic heterocycles. The Morgan fingerprint density at radius 1 is 0.654 bits per heavy atom. The second-order valence-corrected chi connectivity index (χ2v) is 13.8. The molecular formula is C49H40N3+. The van der Waals surface area contributed by atoms with E-state index in [1.54, 1.807) is 0 Å². The first-order valence-electron chi connectivity index (χ1n) is 18.0. The smallest absolute Gasteiger partial charge is 0.213 e. The molecule has 9 rings (SSSR count). The van der Waals surface area contributed by atoms with Crippen LogP contribution in [0.3, 0.4) is 0 Å². The lowest BCUT2D eigenvalue weighted by molar-refractivity contribution is -0.710. The van der Waals surface area contributed by atoms with Gasteiger partial charge in [0, 0.05) is 47.2 Å². The first-order chi connectivity index (χ1) is 25.6. The maximum Gasteiger partial charge on any atom is 0.213 e. The van der Waals surface area contributed by atoms with Crippen molar-refractivity contribution in [1.29, 1.82) is 0 Å². The molecule has 0 N–H and O–H groups in total. The molecule has 3 heterocycles. The number of hydrogen-bond acceptors (Lipinski definition) is 2. The van der Waals surface area contributed by atoms with Crippen molar-refractivity contribution in [2.45, 2.75) is 24.9 Å². The summed E-state index contributed by atoms with van der Waals surface area (Å²) in [4.78, 5) is 4.79. The van der Waals surface area contributed by atoms with Crippen LogP contribution < -0.4 is 9.47 Å². The zero-order valence-electron chi connectivity index (χ0n) is 29.3. The fourth-order valence-electron chi connectivity index (χ4n) is 8.11. The number of pyridine rings is 1. The maximum absolute atomic E-state index is 3.94. The summed E-state index contributed by atoms with van der Waals surface area (Å²) in [6.07, 6.45) is 17.4. The molecule has 3 nitrogen and oxygen atoms in total. The van der Waals surface area contributed by atoms with Gasteiger partial charge in [0.15, 0.2) is 12.2 Å². The van der Waals surface area contributed by atoms with Crippen molar-refractivity contribution in [3.63, 3.8) is 0 Å². The number of fused-ring (bicyclic) bond motifs is 6. The number of anilines is 3. The van der Waals surface area contributed by atoms with Crippen molar-refractivity contribution in [2.24, 2.45) is 0 Å². The number of aryl methyl sites for hydroxylation is 1. The predicted molar refractivity (Wildman–Crippen MR) is 216 cm³/mol. The topological polar surface area (TPSA) is 10.4 Å². The van der Waals surface area contributed by atoms with E-state index >= 15 is 0 Å². The highest BCUT2D eigenvalue weighted by Crippen LogP contribution is 2.52. The van der Waals surface area contributed by atoms with Gasteiger partial charge < -0.3 is 9.80 Å². The van der Waals surface area contributed by atoms with E-state index in [9.17, 15) is 0 Å². The molecule has 0 saturated carbocycles. The number of hydrogen-bond donors (Lipinski definition) is 0. The van der Waals surface area contributed by atoms with Gasteiger partial charge in [-0.3, -0.25) is 0 Å². The van der Waals surface area contributed by atoms with Crippen LogP contribution in [-0.2, 0) is 0 Å². The lowest BCUT2D eigenvalue weighted by Crippen LogP contribution is -2.52. The number of rotatable bonds is 8. The minimum atomic E-state index is 0.0957. The molecule has 0 saturated heterocycles. The monoisotopic (exact) mass is 670 g/mol. The predicted octanol–water partition coefficient (Wildman–Crippen LogP) is 12.0. The molecule has 1 aliphatic carbocycles. The summed E-state index contributed by atoms with van der Waals surface area (Å²) in [7, 11) is 0. The average Bonchev–Trinajstić information content (AvgIpc) is 3.19. The molecule has 0 bridgehead atoms. The third-order valence-electron chi connectivity index (χ3n) is 10.9. The number of allylic oxidation sites excluding steroid dienone is 4. The van der Waals surface area contributed by atoms with Crippen molar-refractivity contribution in [3.05, 3.63) is 217 Å². The minimum Gasteiger partial charge on any atom is -0.340 e. The Bertz CT molecular complexity index is 2360. The fourth-order valence-corrected chi connectivity index (χ4v) is 8.11.